The SMILES string of the molecule is CCn1nc(C)c(CN(C)C(=O)C2CCCO2)c1C. The van der Waals surface area contributed by atoms with Crippen molar-refractivity contribution in [2.24, 2.45) is 0 Å². The lowest BCUT2D eigenvalue weighted by molar-refractivity contribution is -0.140. The number of hydrogen-bond acceptors (Lipinski definition) is 3. The number of amides is 1. The molecule has 0 aromatic carbocycles. The summed E-state index contributed by atoms with van der Waals surface area (Å²) in [5, 5.41) is 4.49. The second-order valence-corrected chi connectivity index (χ2v) is 5.16. The van der Waals surface area contributed by atoms with Crippen LogP contribution < -0.4 is 0 Å². The first-order valence-electron chi connectivity index (χ1n) is 6.94. The van der Waals surface area contributed by atoms with Crippen LogP contribution in [0.5, 0.6) is 0 Å². The summed E-state index contributed by atoms with van der Waals surface area (Å²) in [6, 6.07) is 0. The van der Waals surface area contributed by atoms with Gasteiger partial charge in [0.2, 0.25) is 0 Å². The molecule has 0 saturated carbocycles. The Morgan fingerprint density at radius 2 is 2.26 bits per heavy atom. The molecule has 0 spiro atoms. The van der Waals surface area contributed by atoms with E-state index in [-0.39, 0.29) is 12.0 Å². The van der Waals surface area contributed by atoms with Crippen molar-refractivity contribution in [1.29, 1.82) is 0 Å². The quantitative estimate of drug-likeness (QED) is 0.832. The number of rotatable bonds is 4. The molecule has 0 radical (unpaired) electrons. The molecule has 1 fully saturated rings. The molecule has 1 aliphatic rings. The lowest BCUT2D eigenvalue weighted by atomic mass is 10.1. The number of aryl methyl sites for hydroxylation is 2. The Kier molecular flexibility index (Phi) is 4.24. The van der Waals surface area contributed by atoms with Gasteiger partial charge in [0.1, 0.15) is 6.10 Å². The number of aromatic nitrogens is 2. The van der Waals surface area contributed by atoms with E-state index in [1.807, 2.05) is 18.7 Å². The van der Waals surface area contributed by atoms with Gasteiger partial charge in [-0.1, -0.05) is 0 Å². The average Bonchev–Trinajstić information content (AvgIpc) is 3.01. The Morgan fingerprint density at radius 3 is 2.79 bits per heavy atom. The topological polar surface area (TPSA) is 47.4 Å². The Hall–Kier alpha value is -1.36. The molecule has 2 heterocycles. The summed E-state index contributed by atoms with van der Waals surface area (Å²) in [5.41, 5.74) is 3.30. The van der Waals surface area contributed by atoms with Crippen molar-refractivity contribution in [2.75, 3.05) is 13.7 Å². The summed E-state index contributed by atoms with van der Waals surface area (Å²) in [6.45, 7) is 8.30. The number of ether oxygens (including phenoxy) is 1. The van der Waals surface area contributed by atoms with Crippen LogP contribution in [0.1, 0.15) is 36.7 Å². The first-order chi connectivity index (χ1) is 9.04. The standard InChI is InChI=1S/C14H23N3O2/c1-5-17-11(3)12(10(2)15-17)9-16(4)14(18)13-7-6-8-19-13/h13H,5-9H2,1-4H3. The number of hydrogen-bond donors (Lipinski definition) is 0. The molecule has 106 valence electrons. The zero-order valence-electron chi connectivity index (χ0n) is 12.3. The lowest BCUT2D eigenvalue weighted by Crippen LogP contribution is -2.35. The van der Waals surface area contributed by atoms with E-state index in [0.717, 1.165) is 36.3 Å². The molecule has 5 heteroatoms. The Morgan fingerprint density at radius 1 is 1.53 bits per heavy atom. The number of nitrogens with zero attached hydrogens (tertiary/aromatic N) is 3. The molecule has 1 aliphatic heterocycles. The first-order valence-corrected chi connectivity index (χ1v) is 6.94. The molecular formula is C14H23N3O2. The van der Waals surface area contributed by atoms with Crippen LogP contribution in [0.4, 0.5) is 0 Å². The molecule has 0 aliphatic carbocycles. The number of carbonyl (C=O) groups excluding carboxylic acids is 1. The molecule has 19 heavy (non-hydrogen) atoms. The molecule has 0 bridgehead atoms. The maximum atomic E-state index is 12.2. The van der Waals surface area contributed by atoms with Crippen molar-refractivity contribution < 1.29 is 9.53 Å². The van der Waals surface area contributed by atoms with E-state index in [2.05, 4.69) is 18.9 Å². The van der Waals surface area contributed by atoms with Crippen molar-refractivity contribution in [3.63, 3.8) is 0 Å². The van der Waals surface area contributed by atoms with Crippen molar-refractivity contribution in [3.8, 4) is 0 Å². The number of likely N-dealkylation sites (N-methyl/N-ethyl adjacent to an activating group) is 1. The van der Waals surface area contributed by atoms with Gasteiger partial charge in [0.15, 0.2) is 0 Å². The highest BCUT2D eigenvalue weighted by Crippen LogP contribution is 2.18. The first kappa shape index (κ1) is 14.1. The molecule has 1 unspecified atom stereocenters. The van der Waals surface area contributed by atoms with Gasteiger partial charge in [-0.2, -0.15) is 5.10 Å². The van der Waals surface area contributed by atoms with E-state index >= 15 is 0 Å². The second-order valence-electron chi connectivity index (χ2n) is 5.16. The maximum absolute atomic E-state index is 12.2. The normalized spacial score (nSPS) is 18.8. The summed E-state index contributed by atoms with van der Waals surface area (Å²) in [6.07, 6.45) is 1.58. The van der Waals surface area contributed by atoms with Crippen LogP contribution in [0, 0.1) is 13.8 Å². The molecular weight excluding hydrogens is 242 g/mol. The van der Waals surface area contributed by atoms with Crippen LogP contribution in [0.3, 0.4) is 0 Å². The second kappa shape index (κ2) is 5.74. The van der Waals surface area contributed by atoms with Crippen molar-refractivity contribution in [1.82, 2.24) is 14.7 Å². The van der Waals surface area contributed by atoms with Gasteiger partial charge in [0, 0.05) is 38.0 Å². The Bertz CT molecular complexity index is 462. The largest absolute Gasteiger partial charge is 0.368 e. The molecule has 0 N–H and O–H groups in total. The van der Waals surface area contributed by atoms with E-state index in [4.69, 9.17) is 4.74 Å². The van der Waals surface area contributed by atoms with Crippen LogP contribution in [0.15, 0.2) is 0 Å². The van der Waals surface area contributed by atoms with Gasteiger partial charge in [-0.3, -0.25) is 9.48 Å². The Labute approximate surface area is 114 Å². The minimum absolute atomic E-state index is 0.0838. The van der Waals surface area contributed by atoms with E-state index in [1.165, 1.54) is 0 Å². The van der Waals surface area contributed by atoms with Crippen LogP contribution in [0.25, 0.3) is 0 Å². The van der Waals surface area contributed by atoms with Gasteiger partial charge in [-0.05, 0) is 33.6 Å². The predicted octanol–water partition coefficient (Wildman–Crippen LogP) is 1.66. The zero-order chi connectivity index (χ0) is 14.0. The third-order valence-corrected chi connectivity index (χ3v) is 3.81. The van der Waals surface area contributed by atoms with E-state index in [0.29, 0.717) is 13.2 Å². The van der Waals surface area contributed by atoms with Gasteiger partial charge in [0.05, 0.1) is 5.69 Å². The summed E-state index contributed by atoms with van der Waals surface area (Å²) < 4.78 is 7.43. The van der Waals surface area contributed by atoms with E-state index in [1.54, 1.807) is 4.90 Å². The summed E-state index contributed by atoms with van der Waals surface area (Å²) in [4.78, 5) is 14.0. The fraction of sp³-hybridized carbons (Fsp3) is 0.714. The summed E-state index contributed by atoms with van der Waals surface area (Å²) in [5.74, 6) is 0.0838. The maximum Gasteiger partial charge on any atom is 0.251 e. The van der Waals surface area contributed by atoms with Crippen molar-refractivity contribution in [2.45, 2.75) is 52.8 Å². The van der Waals surface area contributed by atoms with Crippen LogP contribution >= 0.6 is 0 Å². The smallest absolute Gasteiger partial charge is 0.251 e. The average molecular weight is 265 g/mol. The fourth-order valence-corrected chi connectivity index (χ4v) is 2.60. The van der Waals surface area contributed by atoms with Crippen LogP contribution in [0.2, 0.25) is 0 Å². The Balaban J connectivity index is 2.07. The van der Waals surface area contributed by atoms with Gasteiger partial charge < -0.3 is 9.64 Å². The highest BCUT2D eigenvalue weighted by molar-refractivity contribution is 5.80. The monoisotopic (exact) mass is 265 g/mol. The minimum Gasteiger partial charge on any atom is -0.368 e. The van der Waals surface area contributed by atoms with Crippen molar-refractivity contribution >= 4 is 5.91 Å². The van der Waals surface area contributed by atoms with Crippen LogP contribution in [-0.2, 0) is 22.6 Å². The van der Waals surface area contributed by atoms with E-state index in [9.17, 15) is 4.79 Å². The fourth-order valence-electron chi connectivity index (χ4n) is 2.60. The molecule has 1 atom stereocenters. The molecule has 1 aromatic rings. The third kappa shape index (κ3) is 2.81. The highest BCUT2D eigenvalue weighted by Gasteiger charge is 2.27. The zero-order valence-corrected chi connectivity index (χ0v) is 12.3. The molecule has 2 rings (SSSR count). The van der Waals surface area contributed by atoms with Gasteiger partial charge in [-0.25, -0.2) is 0 Å². The summed E-state index contributed by atoms with van der Waals surface area (Å²) in [7, 11) is 1.84. The van der Waals surface area contributed by atoms with E-state index < -0.39 is 0 Å². The lowest BCUT2D eigenvalue weighted by Gasteiger charge is -2.20. The van der Waals surface area contributed by atoms with Crippen LogP contribution in [-0.4, -0.2) is 40.3 Å². The molecule has 5 nitrogen and oxygen atoms in total. The van der Waals surface area contributed by atoms with Gasteiger partial charge in [0.25, 0.3) is 5.91 Å². The minimum atomic E-state index is -0.244. The van der Waals surface area contributed by atoms with Gasteiger partial charge in [-0.15, -0.1) is 0 Å². The molecule has 1 amide bonds. The highest BCUT2D eigenvalue weighted by atomic mass is 16.5. The van der Waals surface area contributed by atoms with Crippen molar-refractivity contribution in [3.05, 3.63) is 17.0 Å². The summed E-state index contributed by atoms with van der Waals surface area (Å²) >= 11 is 0. The third-order valence-electron chi connectivity index (χ3n) is 3.81. The van der Waals surface area contributed by atoms with Gasteiger partial charge >= 0.3 is 0 Å². The number of carbonyl (C=O) groups is 1. The predicted molar refractivity (Wildman–Crippen MR) is 72.8 cm³/mol. The molecule has 1 aromatic heterocycles. The molecule has 1 saturated heterocycles.